The number of aryl methyl sites for hydroxylation is 1. The SMILES string of the molecule is Cc1nc2c(n1C)CC(C)NC2C. The summed E-state index contributed by atoms with van der Waals surface area (Å²) < 4.78 is 2.21. The lowest BCUT2D eigenvalue weighted by Gasteiger charge is -2.26. The number of nitrogens with zero attached hydrogens (tertiary/aromatic N) is 2. The van der Waals surface area contributed by atoms with Gasteiger partial charge in [0.2, 0.25) is 0 Å². The first-order valence-corrected chi connectivity index (χ1v) is 4.87. The van der Waals surface area contributed by atoms with Crippen LogP contribution in [0.15, 0.2) is 0 Å². The van der Waals surface area contributed by atoms with Crippen LogP contribution in [0, 0.1) is 6.92 Å². The molecule has 2 heterocycles. The van der Waals surface area contributed by atoms with Gasteiger partial charge in [-0.15, -0.1) is 0 Å². The van der Waals surface area contributed by atoms with Crippen LogP contribution in [0.5, 0.6) is 0 Å². The molecule has 72 valence electrons. The lowest BCUT2D eigenvalue weighted by Crippen LogP contribution is -2.36. The molecule has 1 aromatic heterocycles. The fourth-order valence-electron chi connectivity index (χ4n) is 2.12. The molecule has 0 fully saturated rings. The summed E-state index contributed by atoms with van der Waals surface area (Å²) in [5.41, 5.74) is 2.63. The first kappa shape index (κ1) is 8.75. The fraction of sp³-hybridized carbons (Fsp3) is 0.700. The van der Waals surface area contributed by atoms with Gasteiger partial charge < -0.3 is 9.88 Å². The summed E-state index contributed by atoms with van der Waals surface area (Å²) in [4.78, 5) is 4.57. The first-order chi connectivity index (χ1) is 6.09. The minimum Gasteiger partial charge on any atom is -0.335 e. The van der Waals surface area contributed by atoms with Gasteiger partial charge in [-0.1, -0.05) is 0 Å². The topological polar surface area (TPSA) is 29.9 Å². The van der Waals surface area contributed by atoms with Crippen LogP contribution >= 0.6 is 0 Å². The summed E-state index contributed by atoms with van der Waals surface area (Å²) >= 11 is 0. The maximum atomic E-state index is 4.57. The van der Waals surface area contributed by atoms with Crippen LogP contribution in [-0.2, 0) is 13.5 Å². The van der Waals surface area contributed by atoms with Crippen molar-refractivity contribution in [3.05, 3.63) is 17.2 Å². The molecule has 2 atom stereocenters. The molecule has 1 N–H and O–H groups in total. The van der Waals surface area contributed by atoms with Crippen molar-refractivity contribution >= 4 is 0 Å². The number of fused-ring (bicyclic) bond motifs is 1. The Morgan fingerprint density at radius 2 is 2.15 bits per heavy atom. The first-order valence-electron chi connectivity index (χ1n) is 4.87. The van der Waals surface area contributed by atoms with Crippen molar-refractivity contribution in [2.45, 2.75) is 39.3 Å². The standard InChI is InChI=1S/C10H17N3/c1-6-5-9-10(7(2)11-6)12-8(3)13(9)4/h6-7,11H,5H2,1-4H3. The number of aromatic nitrogens is 2. The quantitative estimate of drug-likeness (QED) is 0.651. The highest BCUT2D eigenvalue weighted by atomic mass is 15.1. The van der Waals surface area contributed by atoms with Crippen LogP contribution in [0.3, 0.4) is 0 Å². The molecule has 13 heavy (non-hydrogen) atoms. The van der Waals surface area contributed by atoms with Gasteiger partial charge in [0.25, 0.3) is 0 Å². The Labute approximate surface area is 79.2 Å². The molecule has 0 saturated carbocycles. The van der Waals surface area contributed by atoms with Crippen molar-refractivity contribution < 1.29 is 0 Å². The Morgan fingerprint density at radius 3 is 2.85 bits per heavy atom. The average Bonchev–Trinajstić information content (AvgIpc) is 2.32. The molecule has 2 rings (SSSR count). The molecule has 3 nitrogen and oxygen atoms in total. The zero-order valence-electron chi connectivity index (χ0n) is 8.76. The summed E-state index contributed by atoms with van der Waals surface area (Å²) in [6.45, 7) is 6.47. The minimum atomic E-state index is 0.402. The third kappa shape index (κ3) is 1.27. The van der Waals surface area contributed by atoms with Crippen LogP contribution in [0.4, 0.5) is 0 Å². The Kier molecular flexibility index (Phi) is 1.91. The van der Waals surface area contributed by atoms with Crippen molar-refractivity contribution in [3.63, 3.8) is 0 Å². The van der Waals surface area contributed by atoms with E-state index in [-0.39, 0.29) is 0 Å². The fourth-order valence-corrected chi connectivity index (χ4v) is 2.12. The number of hydrogen-bond acceptors (Lipinski definition) is 2. The van der Waals surface area contributed by atoms with Gasteiger partial charge in [0.05, 0.1) is 5.69 Å². The number of nitrogens with one attached hydrogen (secondary N) is 1. The van der Waals surface area contributed by atoms with E-state index in [9.17, 15) is 0 Å². The van der Waals surface area contributed by atoms with Gasteiger partial charge in [-0.25, -0.2) is 4.98 Å². The van der Waals surface area contributed by atoms with Gasteiger partial charge in [0.1, 0.15) is 5.82 Å². The Morgan fingerprint density at radius 1 is 1.46 bits per heavy atom. The molecule has 0 aliphatic carbocycles. The van der Waals surface area contributed by atoms with Gasteiger partial charge in [0, 0.05) is 31.2 Å². The second kappa shape index (κ2) is 2.84. The molecular formula is C10H17N3. The zero-order chi connectivity index (χ0) is 9.59. The van der Waals surface area contributed by atoms with Crippen molar-refractivity contribution in [1.82, 2.24) is 14.9 Å². The summed E-state index contributed by atoms with van der Waals surface area (Å²) in [6, 6.07) is 0.968. The van der Waals surface area contributed by atoms with Crippen molar-refractivity contribution in [1.29, 1.82) is 0 Å². The number of hydrogen-bond donors (Lipinski definition) is 1. The highest BCUT2D eigenvalue weighted by molar-refractivity contribution is 5.23. The molecule has 0 bridgehead atoms. The van der Waals surface area contributed by atoms with Crippen molar-refractivity contribution in [3.8, 4) is 0 Å². The molecule has 1 aliphatic heterocycles. The smallest absolute Gasteiger partial charge is 0.105 e. The summed E-state index contributed by atoms with van der Waals surface area (Å²) in [7, 11) is 2.10. The zero-order valence-corrected chi connectivity index (χ0v) is 8.76. The lowest BCUT2D eigenvalue weighted by atomic mass is 10.0. The van der Waals surface area contributed by atoms with Gasteiger partial charge in [0.15, 0.2) is 0 Å². The molecule has 0 saturated heterocycles. The van der Waals surface area contributed by atoms with Crippen LogP contribution < -0.4 is 5.32 Å². The summed E-state index contributed by atoms with van der Waals surface area (Å²) in [5, 5.41) is 3.50. The summed E-state index contributed by atoms with van der Waals surface area (Å²) in [5.74, 6) is 1.12. The Hall–Kier alpha value is -0.830. The highest BCUT2D eigenvalue weighted by Gasteiger charge is 2.25. The van der Waals surface area contributed by atoms with Gasteiger partial charge in [-0.05, 0) is 20.8 Å². The van der Waals surface area contributed by atoms with Gasteiger partial charge >= 0.3 is 0 Å². The van der Waals surface area contributed by atoms with Crippen LogP contribution in [-0.4, -0.2) is 15.6 Å². The van der Waals surface area contributed by atoms with E-state index in [0.717, 1.165) is 12.2 Å². The lowest BCUT2D eigenvalue weighted by molar-refractivity contribution is 0.430. The third-order valence-corrected chi connectivity index (χ3v) is 2.91. The van der Waals surface area contributed by atoms with E-state index < -0.39 is 0 Å². The number of imidazole rings is 1. The molecule has 0 amide bonds. The van der Waals surface area contributed by atoms with Crippen LogP contribution in [0.1, 0.15) is 37.1 Å². The maximum Gasteiger partial charge on any atom is 0.105 e. The van der Waals surface area contributed by atoms with E-state index in [1.54, 1.807) is 0 Å². The Bertz CT molecular complexity index is 327. The molecule has 0 aromatic carbocycles. The van der Waals surface area contributed by atoms with E-state index >= 15 is 0 Å². The Balaban J connectivity index is 2.49. The summed E-state index contributed by atoms with van der Waals surface area (Å²) in [6.07, 6.45) is 1.09. The second-order valence-corrected chi connectivity index (χ2v) is 4.04. The normalized spacial score (nSPS) is 27.4. The van der Waals surface area contributed by atoms with Gasteiger partial charge in [-0.3, -0.25) is 0 Å². The number of rotatable bonds is 0. The van der Waals surface area contributed by atoms with Crippen molar-refractivity contribution in [2.24, 2.45) is 7.05 Å². The van der Waals surface area contributed by atoms with E-state index in [2.05, 4.69) is 42.7 Å². The van der Waals surface area contributed by atoms with Crippen molar-refractivity contribution in [2.75, 3.05) is 0 Å². The maximum absolute atomic E-state index is 4.57. The van der Waals surface area contributed by atoms with E-state index in [4.69, 9.17) is 0 Å². The molecule has 2 unspecified atom stereocenters. The third-order valence-electron chi connectivity index (χ3n) is 2.91. The largest absolute Gasteiger partial charge is 0.335 e. The molecule has 1 aromatic rings. The van der Waals surface area contributed by atoms with E-state index in [0.29, 0.717) is 12.1 Å². The second-order valence-electron chi connectivity index (χ2n) is 4.04. The predicted octanol–water partition coefficient (Wildman–Crippen LogP) is 1.32. The highest BCUT2D eigenvalue weighted by Crippen LogP contribution is 2.24. The van der Waals surface area contributed by atoms with E-state index in [1.807, 2.05) is 0 Å². The molecule has 0 radical (unpaired) electrons. The predicted molar refractivity (Wildman–Crippen MR) is 52.7 cm³/mol. The average molecular weight is 179 g/mol. The van der Waals surface area contributed by atoms with Crippen LogP contribution in [0.2, 0.25) is 0 Å². The van der Waals surface area contributed by atoms with Gasteiger partial charge in [-0.2, -0.15) is 0 Å². The monoisotopic (exact) mass is 179 g/mol. The van der Waals surface area contributed by atoms with E-state index in [1.165, 1.54) is 11.4 Å². The molecular weight excluding hydrogens is 162 g/mol. The molecule has 0 spiro atoms. The van der Waals surface area contributed by atoms with Crippen LogP contribution in [0.25, 0.3) is 0 Å². The molecule has 1 aliphatic rings. The minimum absolute atomic E-state index is 0.402. The molecule has 3 heteroatoms.